The van der Waals surface area contributed by atoms with Crippen molar-refractivity contribution in [3.8, 4) is 0 Å². The fraction of sp³-hybridized carbons (Fsp3) is 0.600. The van der Waals surface area contributed by atoms with Crippen LogP contribution in [0.2, 0.25) is 0 Å². The van der Waals surface area contributed by atoms with E-state index in [0.717, 1.165) is 6.54 Å². The lowest BCUT2D eigenvalue weighted by molar-refractivity contribution is 0.439. The summed E-state index contributed by atoms with van der Waals surface area (Å²) < 4.78 is 0. The highest BCUT2D eigenvalue weighted by atomic mass is 14.9. The van der Waals surface area contributed by atoms with Gasteiger partial charge in [-0.25, -0.2) is 0 Å². The molecule has 1 nitrogen and oxygen atoms in total. The zero-order chi connectivity index (χ0) is 11.7. The van der Waals surface area contributed by atoms with Gasteiger partial charge >= 0.3 is 0 Å². The first kappa shape index (κ1) is 11.7. The molecule has 2 rings (SSSR count). The second kappa shape index (κ2) is 4.58. The molecule has 1 aliphatic heterocycles. The molecular formula is C15H23N. The van der Waals surface area contributed by atoms with Crippen LogP contribution in [0.3, 0.4) is 0 Å². The van der Waals surface area contributed by atoms with Gasteiger partial charge in [-0.3, -0.25) is 0 Å². The van der Waals surface area contributed by atoms with E-state index < -0.39 is 0 Å². The van der Waals surface area contributed by atoms with E-state index in [-0.39, 0.29) is 0 Å². The molecule has 0 saturated heterocycles. The van der Waals surface area contributed by atoms with Gasteiger partial charge in [-0.15, -0.1) is 0 Å². The Morgan fingerprint density at radius 1 is 1.31 bits per heavy atom. The third kappa shape index (κ3) is 2.01. The average Bonchev–Trinajstić information content (AvgIpc) is 2.22. The lowest BCUT2D eigenvalue weighted by atomic mass is 9.82. The molecule has 0 aromatic heterocycles. The number of nitrogens with one attached hydrogen (secondary N) is 1. The van der Waals surface area contributed by atoms with Crippen LogP contribution in [0, 0.1) is 13.8 Å². The maximum Gasteiger partial charge on any atom is 0.0325 e. The highest BCUT2D eigenvalue weighted by Crippen LogP contribution is 2.35. The lowest BCUT2D eigenvalue weighted by Gasteiger charge is -2.33. The first-order valence-electron chi connectivity index (χ1n) is 6.48. The third-order valence-electron chi connectivity index (χ3n) is 3.69. The minimum absolute atomic E-state index is 0.580. The Kier molecular flexibility index (Phi) is 3.34. The van der Waals surface area contributed by atoms with Crippen molar-refractivity contribution >= 4 is 0 Å². The Balaban J connectivity index is 2.47. The molecule has 0 aliphatic carbocycles. The molecule has 2 unspecified atom stereocenters. The minimum Gasteiger partial charge on any atom is -0.309 e. The highest BCUT2D eigenvalue weighted by Gasteiger charge is 2.25. The van der Waals surface area contributed by atoms with E-state index >= 15 is 0 Å². The molecule has 0 saturated carbocycles. The second-order valence-electron chi connectivity index (χ2n) is 5.24. The van der Waals surface area contributed by atoms with Gasteiger partial charge in [-0.1, -0.05) is 38.0 Å². The molecule has 0 bridgehead atoms. The zero-order valence-electron chi connectivity index (χ0n) is 10.9. The van der Waals surface area contributed by atoms with Crippen molar-refractivity contribution in [3.63, 3.8) is 0 Å². The SMILES string of the molecule is CCCC1NCC(C)c2cc(C)cc(C)c21. The number of hydrogen-bond acceptors (Lipinski definition) is 1. The van der Waals surface area contributed by atoms with Gasteiger partial charge in [0, 0.05) is 12.6 Å². The summed E-state index contributed by atoms with van der Waals surface area (Å²) in [5.74, 6) is 0.654. The zero-order valence-corrected chi connectivity index (χ0v) is 10.9. The largest absolute Gasteiger partial charge is 0.309 e. The van der Waals surface area contributed by atoms with Crippen LogP contribution in [0.15, 0.2) is 12.1 Å². The topological polar surface area (TPSA) is 12.0 Å². The molecule has 0 fully saturated rings. The van der Waals surface area contributed by atoms with Crippen LogP contribution >= 0.6 is 0 Å². The van der Waals surface area contributed by atoms with Crippen molar-refractivity contribution in [3.05, 3.63) is 34.4 Å². The van der Waals surface area contributed by atoms with Gasteiger partial charge < -0.3 is 5.32 Å². The summed E-state index contributed by atoms with van der Waals surface area (Å²) in [6.07, 6.45) is 2.50. The van der Waals surface area contributed by atoms with Crippen LogP contribution in [0.1, 0.15) is 60.9 Å². The summed E-state index contributed by atoms with van der Waals surface area (Å²) in [6, 6.07) is 5.29. The summed E-state index contributed by atoms with van der Waals surface area (Å²) in [5.41, 5.74) is 6.02. The van der Waals surface area contributed by atoms with Gasteiger partial charge in [-0.2, -0.15) is 0 Å². The minimum atomic E-state index is 0.580. The van der Waals surface area contributed by atoms with E-state index in [1.165, 1.54) is 24.0 Å². The number of aryl methyl sites for hydroxylation is 2. The molecule has 2 atom stereocenters. The summed E-state index contributed by atoms with van der Waals surface area (Å²) in [5, 5.41) is 3.69. The monoisotopic (exact) mass is 217 g/mol. The molecule has 0 radical (unpaired) electrons. The van der Waals surface area contributed by atoms with Crippen LogP contribution in [0.25, 0.3) is 0 Å². The second-order valence-corrected chi connectivity index (χ2v) is 5.24. The predicted molar refractivity (Wildman–Crippen MR) is 70.0 cm³/mol. The van der Waals surface area contributed by atoms with Crippen molar-refractivity contribution in [1.82, 2.24) is 5.32 Å². The molecule has 1 N–H and O–H groups in total. The molecule has 1 heterocycles. The van der Waals surface area contributed by atoms with Crippen molar-refractivity contribution in [2.75, 3.05) is 6.54 Å². The summed E-state index contributed by atoms with van der Waals surface area (Å²) >= 11 is 0. The highest BCUT2D eigenvalue weighted by molar-refractivity contribution is 5.43. The quantitative estimate of drug-likeness (QED) is 0.793. The van der Waals surface area contributed by atoms with Gasteiger partial charge in [0.25, 0.3) is 0 Å². The number of rotatable bonds is 2. The molecule has 1 aromatic rings. The van der Waals surface area contributed by atoms with E-state index in [9.17, 15) is 0 Å². The Labute approximate surface area is 99.3 Å². The van der Waals surface area contributed by atoms with Crippen LogP contribution < -0.4 is 5.32 Å². The average molecular weight is 217 g/mol. The predicted octanol–water partition coefficient (Wildman–Crippen LogP) is 3.85. The Bertz CT molecular complexity index is 381. The summed E-state index contributed by atoms with van der Waals surface area (Å²) in [4.78, 5) is 0. The lowest BCUT2D eigenvalue weighted by Crippen LogP contribution is -2.32. The first-order valence-corrected chi connectivity index (χ1v) is 6.48. The smallest absolute Gasteiger partial charge is 0.0325 e. The van der Waals surface area contributed by atoms with Gasteiger partial charge in [0.1, 0.15) is 0 Å². The Morgan fingerprint density at radius 3 is 2.75 bits per heavy atom. The van der Waals surface area contributed by atoms with Crippen LogP contribution in [0.4, 0.5) is 0 Å². The van der Waals surface area contributed by atoms with Crippen LogP contribution in [-0.4, -0.2) is 6.54 Å². The molecule has 1 heteroatoms. The molecule has 1 aromatic carbocycles. The molecule has 88 valence electrons. The van der Waals surface area contributed by atoms with Crippen LogP contribution in [0.5, 0.6) is 0 Å². The van der Waals surface area contributed by atoms with Crippen molar-refractivity contribution < 1.29 is 0 Å². The molecular weight excluding hydrogens is 194 g/mol. The van der Waals surface area contributed by atoms with E-state index in [1.54, 1.807) is 11.1 Å². The molecule has 0 spiro atoms. The maximum absolute atomic E-state index is 3.69. The summed E-state index contributed by atoms with van der Waals surface area (Å²) in [7, 11) is 0. The first-order chi connectivity index (χ1) is 7.63. The molecule has 0 amide bonds. The van der Waals surface area contributed by atoms with Crippen molar-refractivity contribution in [2.24, 2.45) is 0 Å². The fourth-order valence-electron chi connectivity index (χ4n) is 2.96. The van der Waals surface area contributed by atoms with Gasteiger partial charge in [0.2, 0.25) is 0 Å². The number of hydrogen-bond donors (Lipinski definition) is 1. The van der Waals surface area contributed by atoms with Gasteiger partial charge in [-0.05, 0) is 42.9 Å². The third-order valence-corrected chi connectivity index (χ3v) is 3.69. The van der Waals surface area contributed by atoms with E-state index in [4.69, 9.17) is 0 Å². The fourth-order valence-corrected chi connectivity index (χ4v) is 2.96. The van der Waals surface area contributed by atoms with E-state index in [0.29, 0.717) is 12.0 Å². The Morgan fingerprint density at radius 2 is 2.06 bits per heavy atom. The summed E-state index contributed by atoms with van der Waals surface area (Å²) in [6.45, 7) is 10.2. The van der Waals surface area contributed by atoms with E-state index in [2.05, 4.69) is 45.1 Å². The number of benzene rings is 1. The van der Waals surface area contributed by atoms with Crippen LogP contribution in [-0.2, 0) is 0 Å². The normalized spacial score (nSPS) is 24.2. The standard InChI is InChI=1S/C15H23N/c1-5-6-14-15-11(3)7-10(2)8-13(15)12(4)9-16-14/h7-8,12,14,16H,5-6,9H2,1-4H3. The van der Waals surface area contributed by atoms with Crippen molar-refractivity contribution in [1.29, 1.82) is 0 Å². The van der Waals surface area contributed by atoms with Crippen molar-refractivity contribution in [2.45, 2.75) is 52.5 Å². The molecule has 16 heavy (non-hydrogen) atoms. The number of fused-ring (bicyclic) bond motifs is 1. The van der Waals surface area contributed by atoms with Gasteiger partial charge in [0.05, 0.1) is 0 Å². The maximum atomic E-state index is 3.69. The van der Waals surface area contributed by atoms with Gasteiger partial charge in [0.15, 0.2) is 0 Å². The molecule has 1 aliphatic rings. The Hall–Kier alpha value is -0.820. The van der Waals surface area contributed by atoms with E-state index in [1.807, 2.05) is 0 Å².